The van der Waals surface area contributed by atoms with Crippen LogP contribution in [0.15, 0.2) is 48.6 Å². The number of benzene rings is 1. The summed E-state index contributed by atoms with van der Waals surface area (Å²) in [6, 6.07) is 9.85. The van der Waals surface area contributed by atoms with Crippen molar-refractivity contribution in [1.82, 2.24) is 0 Å². The lowest BCUT2D eigenvalue weighted by molar-refractivity contribution is -0.121. The van der Waals surface area contributed by atoms with Crippen LogP contribution < -0.4 is 11.5 Å². The van der Waals surface area contributed by atoms with Crippen LogP contribution in [0.1, 0.15) is 12.0 Å². The maximum Gasteiger partial charge on any atom is 0.241 e. The van der Waals surface area contributed by atoms with Crippen LogP contribution >= 0.6 is 0 Å². The minimum atomic E-state index is -1.06. The molecule has 0 heterocycles. The van der Waals surface area contributed by atoms with Crippen molar-refractivity contribution in [2.24, 2.45) is 11.5 Å². The van der Waals surface area contributed by atoms with Crippen LogP contribution in [0.5, 0.6) is 0 Å². The smallest absolute Gasteiger partial charge is 0.241 e. The van der Waals surface area contributed by atoms with Gasteiger partial charge in [-0.3, -0.25) is 4.79 Å². The fourth-order valence-electron chi connectivity index (χ4n) is 1.79. The van der Waals surface area contributed by atoms with E-state index in [1.165, 1.54) is 0 Å². The van der Waals surface area contributed by atoms with Crippen LogP contribution in [0.2, 0.25) is 0 Å². The molecule has 1 aromatic rings. The summed E-state index contributed by atoms with van der Waals surface area (Å²) in [4.78, 5) is 11.3. The number of nitrogens with two attached hydrogens (primary N) is 2. The molecule has 0 spiro atoms. The lowest BCUT2D eigenvalue weighted by Gasteiger charge is -2.26. The fraction of sp³-hybridized carbons (Fsp3) is 0.154. The summed E-state index contributed by atoms with van der Waals surface area (Å²) >= 11 is 0. The Morgan fingerprint density at radius 3 is 2.56 bits per heavy atom. The Labute approximate surface area is 94.4 Å². The molecule has 82 valence electrons. The number of rotatable bonds is 2. The summed E-state index contributed by atoms with van der Waals surface area (Å²) in [6.07, 6.45) is 5.85. The van der Waals surface area contributed by atoms with Gasteiger partial charge in [-0.1, -0.05) is 48.6 Å². The van der Waals surface area contributed by atoms with Crippen molar-refractivity contribution in [3.05, 3.63) is 54.1 Å². The molecule has 0 bridgehead atoms. The van der Waals surface area contributed by atoms with E-state index in [4.69, 9.17) is 11.5 Å². The number of allylic oxidation sites excluding steroid dienone is 2. The summed E-state index contributed by atoms with van der Waals surface area (Å²) in [5.74, 6) is -0.495. The monoisotopic (exact) mass is 214 g/mol. The molecule has 0 saturated heterocycles. The zero-order valence-corrected chi connectivity index (χ0v) is 8.89. The van der Waals surface area contributed by atoms with Gasteiger partial charge < -0.3 is 11.5 Å². The zero-order valence-electron chi connectivity index (χ0n) is 8.89. The molecule has 1 unspecified atom stereocenters. The van der Waals surface area contributed by atoms with Gasteiger partial charge in [-0.15, -0.1) is 0 Å². The molecule has 2 rings (SSSR count). The second-order valence-electron chi connectivity index (χ2n) is 4.00. The van der Waals surface area contributed by atoms with E-state index in [1.807, 2.05) is 36.4 Å². The topological polar surface area (TPSA) is 69.1 Å². The van der Waals surface area contributed by atoms with Crippen LogP contribution in [-0.4, -0.2) is 11.4 Å². The van der Waals surface area contributed by atoms with E-state index in [0.29, 0.717) is 6.42 Å². The molecule has 1 aliphatic carbocycles. The molecule has 0 radical (unpaired) electrons. The Balaban J connectivity index is 2.31. The van der Waals surface area contributed by atoms with E-state index in [0.717, 1.165) is 11.1 Å². The third-order valence-electron chi connectivity index (χ3n) is 2.78. The van der Waals surface area contributed by atoms with Crippen LogP contribution in [0.25, 0.3) is 5.57 Å². The standard InChI is InChI=1S/C13H14N2O/c14-12(16)13(15)8-4-7-11(9-13)10-5-2-1-3-6-10/h1-8H,9,15H2,(H2,14,16). The van der Waals surface area contributed by atoms with Gasteiger partial charge in [-0.05, 0) is 11.1 Å². The van der Waals surface area contributed by atoms with Crippen LogP contribution in [-0.2, 0) is 4.79 Å². The summed E-state index contributed by atoms with van der Waals surface area (Å²) in [6.45, 7) is 0. The molecule has 3 nitrogen and oxygen atoms in total. The molecule has 1 aliphatic rings. The Kier molecular flexibility index (Phi) is 2.62. The van der Waals surface area contributed by atoms with Crippen molar-refractivity contribution in [3.63, 3.8) is 0 Å². The van der Waals surface area contributed by atoms with Crippen molar-refractivity contribution in [2.45, 2.75) is 12.0 Å². The Bertz CT molecular complexity index is 462. The summed E-state index contributed by atoms with van der Waals surface area (Å²) in [5, 5.41) is 0. The first-order valence-corrected chi connectivity index (χ1v) is 5.14. The van der Waals surface area contributed by atoms with Crippen molar-refractivity contribution in [1.29, 1.82) is 0 Å². The average Bonchev–Trinajstić information content (AvgIpc) is 2.30. The Hall–Kier alpha value is -1.87. The first kappa shape index (κ1) is 10.6. The Morgan fingerprint density at radius 1 is 1.25 bits per heavy atom. The molecule has 1 aromatic carbocycles. The first-order chi connectivity index (χ1) is 7.62. The lowest BCUT2D eigenvalue weighted by atomic mass is 9.84. The maximum absolute atomic E-state index is 11.3. The van der Waals surface area contributed by atoms with Crippen molar-refractivity contribution >= 4 is 11.5 Å². The SMILES string of the molecule is NC(=O)C1(N)C=CC=C(c2ccccc2)C1. The molecular formula is C13H14N2O. The minimum absolute atomic E-state index is 0.447. The average molecular weight is 214 g/mol. The highest BCUT2D eigenvalue weighted by Crippen LogP contribution is 2.28. The molecule has 16 heavy (non-hydrogen) atoms. The number of hydrogen-bond acceptors (Lipinski definition) is 2. The number of hydrogen-bond donors (Lipinski definition) is 2. The van der Waals surface area contributed by atoms with Gasteiger partial charge in [0.2, 0.25) is 5.91 Å². The van der Waals surface area contributed by atoms with E-state index in [9.17, 15) is 4.79 Å². The van der Waals surface area contributed by atoms with Crippen molar-refractivity contribution < 1.29 is 4.79 Å². The van der Waals surface area contributed by atoms with Gasteiger partial charge in [0.15, 0.2) is 0 Å². The van der Waals surface area contributed by atoms with Gasteiger partial charge in [0.1, 0.15) is 5.54 Å². The normalized spacial score (nSPS) is 23.9. The molecule has 0 saturated carbocycles. The van der Waals surface area contributed by atoms with E-state index in [1.54, 1.807) is 12.2 Å². The van der Waals surface area contributed by atoms with Gasteiger partial charge in [-0.2, -0.15) is 0 Å². The highest BCUT2D eigenvalue weighted by molar-refractivity contribution is 5.90. The molecule has 1 amide bonds. The molecule has 3 heteroatoms. The van der Waals surface area contributed by atoms with E-state index >= 15 is 0 Å². The number of primary amides is 1. The second-order valence-corrected chi connectivity index (χ2v) is 4.00. The molecule has 0 aromatic heterocycles. The Morgan fingerprint density at radius 2 is 1.94 bits per heavy atom. The molecule has 4 N–H and O–H groups in total. The maximum atomic E-state index is 11.3. The second kappa shape index (κ2) is 3.94. The zero-order chi connectivity index (χ0) is 11.6. The van der Waals surface area contributed by atoms with E-state index < -0.39 is 11.4 Å². The predicted molar refractivity (Wildman–Crippen MR) is 64.3 cm³/mol. The van der Waals surface area contributed by atoms with Gasteiger partial charge in [0.05, 0.1) is 0 Å². The molecular weight excluding hydrogens is 200 g/mol. The fourth-order valence-corrected chi connectivity index (χ4v) is 1.79. The highest BCUT2D eigenvalue weighted by Gasteiger charge is 2.31. The van der Waals surface area contributed by atoms with E-state index in [-0.39, 0.29) is 0 Å². The number of carbonyl (C=O) groups is 1. The molecule has 0 aliphatic heterocycles. The van der Waals surface area contributed by atoms with Crippen molar-refractivity contribution in [2.75, 3.05) is 0 Å². The van der Waals surface area contributed by atoms with Crippen molar-refractivity contribution in [3.8, 4) is 0 Å². The third-order valence-corrected chi connectivity index (χ3v) is 2.78. The van der Waals surface area contributed by atoms with Gasteiger partial charge in [0.25, 0.3) is 0 Å². The van der Waals surface area contributed by atoms with Crippen LogP contribution in [0.4, 0.5) is 0 Å². The lowest BCUT2D eigenvalue weighted by Crippen LogP contribution is -2.51. The van der Waals surface area contributed by atoms with Crippen LogP contribution in [0.3, 0.4) is 0 Å². The summed E-state index contributed by atoms with van der Waals surface area (Å²) < 4.78 is 0. The largest absolute Gasteiger partial charge is 0.368 e. The summed E-state index contributed by atoms with van der Waals surface area (Å²) in [5.41, 5.74) is 12.3. The molecule has 0 fully saturated rings. The number of amides is 1. The minimum Gasteiger partial charge on any atom is -0.368 e. The molecule has 1 atom stereocenters. The van der Waals surface area contributed by atoms with Gasteiger partial charge in [0, 0.05) is 6.42 Å². The first-order valence-electron chi connectivity index (χ1n) is 5.14. The van der Waals surface area contributed by atoms with E-state index in [2.05, 4.69) is 0 Å². The third kappa shape index (κ3) is 1.90. The predicted octanol–water partition coefficient (Wildman–Crippen LogP) is 1.21. The number of carbonyl (C=O) groups excluding carboxylic acids is 1. The van der Waals surface area contributed by atoms with Gasteiger partial charge >= 0.3 is 0 Å². The van der Waals surface area contributed by atoms with Crippen LogP contribution in [0, 0.1) is 0 Å². The van der Waals surface area contributed by atoms with Gasteiger partial charge in [-0.25, -0.2) is 0 Å². The summed E-state index contributed by atoms with van der Waals surface area (Å²) in [7, 11) is 0. The quantitative estimate of drug-likeness (QED) is 0.777. The highest BCUT2D eigenvalue weighted by atomic mass is 16.1.